The number of benzene rings is 2. The maximum atomic E-state index is 8.63. The van der Waals surface area contributed by atoms with Crippen LogP contribution in [0.3, 0.4) is 0 Å². The molecule has 2 aliphatic rings. The van der Waals surface area contributed by atoms with Gasteiger partial charge in [0.2, 0.25) is 0 Å². The molecule has 5 nitrogen and oxygen atoms in total. The Morgan fingerprint density at radius 2 is 1.74 bits per heavy atom. The predicted molar refractivity (Wildman–Crippen MR) is 125 cm³/mol. The maximum absolute atomic E-state index is 8.63. The van der Waals surface area contributed by atoms with Gasteiger partial charge in [-0.1, -0.05) is 61.4 Å². The molecule has 5 heteroatoms. The molecule has 0 amide bonds. The average Bonchev–Trinajstić information content (AvgIpc) is 3.55. The van der Waals surface area contributed by atoms with Gasteiger partial charge >= 0.3 is 0 Å². The van der Waals surface area contributed by atoms with Crippen molar-refractivity contribution in [2.75, 3.05) is 13.1 Å². The first-order valence-corrected chi connectivity index (χ1v) is 11.6. The Balaban J connectivity index is 0.000000150. The lowest BCUT2D eigenvalue weighted by atomic mass is 10.1. The zero-order valence-corrected chi connectivity index (χ0v) is 18.3. The molecule has 162 valence electrons. The van der Waals surface area contributed by atoms with Crippen molar-refractivity contribution in [3.63, 3.8) is 0 Å². The summed E-state index contributed by atoms with van der Waals surface area (Å²) in [5.41, 5.74) is 9.40. The molecule has 2 aromatic carbocycles. The molecule has 1 aliphatic carbocycles. The van der Waals surface area contributed by atoms with Crippen molar-refractivity contribution >= 4 is 10.9 Å². The van der Waals surface area contributed by atoms with Gasteiger partial charge in [0.15, 0.2) is 0 Å². The number of hydrogen-bond donors (Lipinski definition) is 1. The van der Waals surface area contributed by atoms with E-state index in [4.69, 9.17) is 11.0 Å². The highest BCUT2D eigenvalue weighted by Gasteiger charge is 2.22. The molecular formula is C26H33N5. The van der Waals surface area contributed by atoms with E-state index in [0.29, 0.717) is 24.9 Å². The predicted octanol–water partition coefficient (Wildman–Crippen LogP) is 5.03. The summed E-state index contributed by atoms with van der Waals surface area (Å²) in [6, 6.07) is 21.8. The summed E-state index contributed by atoms with van der Waals surface area (Å²) in [6.07, 6.45) is 7.07. The van der Waals surface area contributed by atoms with E-state index >= 15 is 0 Å². The van der Waals surface area contributed by atoms with E-state index in [-0.39, 0.29) is 0 Å². The van der Waals surface area contributed by atoms with Crippen LogP contribution in [0.2, 0.25) is 0 Å². The first kappa shape index (κ1) is 21.5. The molecule has 0 bridgehead atoms. The highest BCUT2D eigenvalue weighted by atomic mass is 15.3. The van der Waals surface area contributed by atoms with Crippen LogP contribution in [-0.2, 0) is 13.1 Å². The first-order chi connectivity index (χ1) is 15.3. The molecule has 2 fully saturated rings. The molecule has 3 aromatic rings. The number of nitrogens with zero attached hydrogens (tertiary/aromatic N) is 4. The Morgan fingerprint density at radius 3 is 2.48 bits per heavy atom. The zero-order chi connectivity index (χ0) is 21.5. The second-order valence-corrected chi connectivity index (χ2v) is 8.79. The fourth-order valence-electron chi connectivity index (χ4n) is 4.93. The number of para-hydroxylation sites is 1. The van der Waals surface area contributed by atoms with Gasteiger partial charge in [-0.2, -0.15) is 10.4 Å². The molecule has 1 saturated carbocycles. The van der Waals surface area contributed by atoms with Crippen LogP contribution in [0.1, 0.15) is 55.8 Å². The summed E-state index contributed by atoms with van der Waals surface area (Å²) in [5, 5.41) is 14.5. The summed E-state index contributed by atoms with van der Waals surface area (Å²) in [4.78, 5) is 2.44. The minimum Gasteiger partial charge on any atom is -0.325 e. The van der Waals surface area contributed by atoms with Crippen molar-refractivity contribution in [1.29, 1.82) is 5.26 Å². The molecule has 31 heavy (non-hydrogen) atoms. The number of hydrogen-bond acceptors (Lipinski definition) is 4. The third kappa shape index (κ3) is 5.33. The van der Waals surface area contributed by atoms with Gasteiger partial charge in [0.1, 0.15) is 0 Å². The van der Waals surface area contributed by atoms with Crippen molar-refractivity contribution < 1.29 is 0 Å². The van der Waals surface area contributed by atoms with Crippen LogP contribution in [0.15, 0.2) is 54.6 Å². The first-order valence-electron chi connectivity index (χ1n) is 11.6. The topological polar surface area (TPSA) is 70.9 Å². The third-order valence-electron chi connectivity index (χ3n) is 6.55. The van der Waals surface area contributed by atoms with Crippen LogP contribution in [0.5, 0.6) is 0 Å². The molecule has 0 spiro atoms. The summed E-state index contributed by atoms with van der Waals surface area (Å²) < 4.78 is 2.20. The summed E-state index contributed by atoms with van der Waals surface area (Å²) in [6.45, 7) is 3.78. The van der Waals surface area contributed by atoms with Crippen LogP contribution >= 0.6 is 0 Å². The van der Waals surface area contributed by atoms with Crippen molar-refractivity contribution in [3.8, 4) is 6.07 Å². The molecule has 1 aromatic heterocycles. The number of fused-ring (bicyclic) bond motifs is 1. The Morgan fingerprint density at radius 1 is 1.00 bits per heavy atom. The fraction of sp³-hybridized carbons (Fsp3) is 0.462. The largest absolute Gasteiger partial charge is 0.325 e. The second-order valence-electron chi connectivity index (χ2n) is 8.79. The Hall–Kier alpha value is -2.68. The van der Waals surface area contributed by atoms with Crippen molar-refractivity contribution in [2.24, 2.45) is 11.7 Å². The van der Waals surface area contributed by atoms with Crippen LogP contribution in [-0.4, -0.2) is 27.8 Å². The molecule has 1 aliphatic heterocycles. The van der Waals surface area contributed by atoms with E-state index in [1.165, 1.54) is 48.6 Å². The Kier molecular flexibility index (Phi) is 7.35. The lowest BCUT2D eigenvalue weighted by molar-refractivity contribution is 0.317. The summed E-state index contributed by atoms with van der Waals surface area (Å²) >= 11 is 0. The fourth-order valence-corrected chi connectivity index (χ4v) is 4.93. The third-order valence-corrected chi connectivity index (χ3v) is 6.55. The van der Waals surface area contributed by atoms with E-state index in [0.717, 1.165) is 25.3 Å². The quantitative estimate of drug-likeness (QED) is 0.634. The van der Waals surface area contributed by atoms with Gasteiger partial charge in [-0.25, -0.2) is 0 Å². The lowest BCUT2D eigenvalue weighted by Crippen LogP contribution is -2.19. The minimum atomic E-state index is 0.528. The van der Waals surface area contributed by atoms with Crippen molar-refractivity contribution in [1.82, 2.24) is 14.7 Å². The maximum Gasteiger partial charge on any atom is 0.0839 e. The molecule has 2 heterocycles. The van der Waals surface area contributed by atoms with Gasteiger partial charge < -0.3 is 5.73 Å². The van der Waals surface area contributed by atoms with Gasteiger partial charge in [0, 0.05) is 31.4 Å². The monoisotopic (exact) mass is 415 g/mol. The van der Waals surface area contributed by atoms with Crippen LogP contribution in [0, 0.1) is 17.2 Å². The van der Waals surface area contributed by atoms with E-state index in [1.807, 2.05) is 6.07 Å². The number of aromatic nitrogens is 2. The zero-order valence-electron chi connectivity index (χ0n) is 18.3. The normalized spacial score (nSPS) is 19.3. The van der Waals surface area contributed by atoms with Crippen molar-refractivity contribution in [3.05, 3.63) is 65.9 Å². The van der Waals surface area contributed by atoms with Crippen LogP contribution in [0.4, 0.5) is 0 Å². The number of nitriles is 1. The average molecular weight is 416 g/mol. The molecule has 1 saturated heterocycles. The molecule has 1 atom stereocenters. The van der Waals surface area contributed by atoms with Crippen molar-refractivity contribution in [2.45, 2.75) is 57.7 Å². The highest BCUT2D eigenvalue weighted by Crippen LogP contribution is 2.32. The Bertz CT molecular complexity index is 998. The lowest BCUT2D eigenvalue weighted by Gasteiger charge is -2.15. The molecule has 0 radical (unpaired) electrons. The van der Waals surface area contributed by atoms with E-state index in [2.05, 4.69) is 69.3 Å². The molecular weight excluding hydrogens is 382 g/mol. The van der Waals surface area contributed by atoms with E-state index in [1.54, 1.807) is 0 Å². The summed E-state index contributed by atoms with van der Waals surface area (Å²) in [7, 11) is 0. The van der Waals surface area contributed by atoms with Crippen LogP contribution in [0.25, 0.3) is 10.9 Å². The smallest absolute Gasteiger partial charge is 0.0839 e. The summed E-state index contributed by atoms with van der Waals surface area (Å²) in [5.74, 6) is 0.596. The van der Waals surface area contributed by atoms with E-state index in [9.17, 15) is 0 Å². The van der Waals surface area contributed by atoms with Crippen LogP contribution < -0.4 is 5.73 Å². The highest BCUT2D eigenvalue weighted by molar-refractivity contribution is 5.82. The Labute approximate surface area is 185 Å². The molecule has 5 rings (SSSR count). The number of nitrogens with two attached hydrogens (primary N) is 1. The minimum absolute atomic E-state index is 0.528. The number of rotatable bonds is 5. The van der Waals surface area contributed by atoms with E-state index < -0.39 is 0 Å². The SMILES string of the molecule is N#CCC1CCN(Cc2ccccc2)C1.NCc1nn(C2CCCC2)c2ccccc12. The van der Waals surface area contributed by atoms with Gasteiger partial charge in [-0.15, -0.1) is 0 Å². The van der Waals surface area contributed by atoms with Gasteiger partial charge in [-0.3, -0.25) is 9.58 Å². The number of likely N-dealkylation sites (tertiary alicyclic amines) is 1. The standard InChI is InChI=1S/C13H17N3.C13H16N2/c14-9-12-11-7-3-4-8-13(11)16(15-12)10-5-1-2-6-10;14-8-6-13-7-9-15(11-13)10-12-4-2-1-3-5-12/h3-4,7-8,10H,1-2,5-6,9,14H2;1-5,13H,6-7,9-11H2. The van der Waals surface area contributed by atoms with Gasteiger partial charge in [0.25, 0.3) is 0 Å². The molecule has 1 unspecified atom stereocenters. The second kappa shape index (κ2) is 10.6. The molecule has 2 N–H and O–H groups in total. The van der Waals surface area contributed by atoms with Gasteiger partial charge in [-0.05, 0) is 43.4 Å². The van der Waals surface area contributed by atoms with Gasteiger partial charge in [0.05, 0.1) is 23.3 Å².